The maximum absolute atomic E-state index is 12.9. The van der Waals surface area contributed by atoms with Gasteiger partial charge in [0.2, 0.25) is 0 Å². The smallest absolute Gasteiger partial charge is 0.406 e. The monoisotopic (exact) mass is 373 g/mol. The van der Waals surface area contributed by atoms with Crippen LogP contribution in [0.15, 0.2) is 33.7 Å². The second kappa shape index (κ2) is 5.84. The first-order valence-electron chi connectivity index (χ1n) is 7.57. The average Bonchev–Trinajstić information content (AvgIpc) is 2.43. The highest BCUT2D eigenvalue weighted by molar-refractivity contribution is 8.04. The summed E-state index contributed by atoms with van der Waals surface area (Å²) in [5, 5.41) is 6.57. The molecule has 0 spiro atoms. The normalized spacial score (nSPS) is 19.5. The van der Waals surface area contributed by atoms with E-state index in [2.05, 4.69) is 10.1 Å². The van der Waals surface area contributed by atoms with Crippen molar-refractivity contribution in [2.24, 2.45) is 0 Å². The van der Waals surface area contributed by atoms with Gasteiger partial charge in [0, 0.05) is 31.1 Å². The summed E-state index contributed by atoms with van der Waals surface area (Å²) in [6, 6.07) is 4.08. The number of alkyl halides is 3. The number of amides is 1. The first kappa shape index (κ1) is 17.9. The van der Waals surface area contributed by atoms with Crippen molar-refractivity contribution in [1.82, 2.24) is 10.0 Å². The second-order valence-electron chi connectivity index (χ2n) is 6.69. The lowest BCUT2D eigenvalue weighted by atomic mass is 9.93. The quantitative estimate of drug-likeness (QED) is 0.854. The van der Waals surface area contributed by atoms with Gasteiger partial charge >= 0.3 is 6.36 Å². The van der Waals surface area contributed by atoms with E-state index in [4.69, 9.17) is 0 Å². The highest BCUT2D eigenvalue weighted by atomic mass is 32.2. The van der Waals surface area contributed by atoms with Crippen LogP contribution in [0.4, 0.5) is 18.9 Å². The zero-order valence-corrected chi connectivity index (χ0v) is 15.0. The minimum Gasteiger partial charge on any atom is -0.406 e. The summed E-state index contributed by atoms with van der Waals surface area (Å²) in [5.74, 6) is -0.487. The van der Waals surface area contributed by atoms with Gasteiger partial charge < -0.3 is 10.1 Å². The number of thioether (sulfide) groups is 1. The SMILES string of the molecule is CN(C)N1C(=O)C2=C(CC1(C)C)Nc1ccc(OC(F)(F)F)cc1S2. The van der Waals surface area contributed by atoms with Gasteiger partial charge in [-0.25, -0.2) is 5.01 Å². The summed E-state index contributed by atoms with van der Waals surface area (Å²) >= 11 is 1.16. The van der Waals surface area contributed by atoms with Crippen molar-refractivity contribution in [1.29, 1.82) is 0 Å². The van der Waals surface area contributed by atoms with Crippen LogP contribution >= 0.6 is 11.8 Å². The molecule has 0 aliphatic carbocycles. The molecule has 1 amide bonds. The van der Waals surface area contributed by atoms with Gasteiger partial charge in [0.1, 0.15) is 5.75 Å². The summed E-state index contributed by atoms with van der Waals surface area (Å²) in [7, 11) is 3.57. The third-order valence-corrected chi connectivity index (χ3v) is 5.11. The molecular weight excluding hydrogens is 355 g/mol. The van der Waals surface area contributed by atoms with E-state index in [0.717, 1.165) is 17.5 Å². The molecular formula is C16H18F3N3O2S. The number of benzene rings is 1. The Morgan fingerprint density at radius 1 is 1.32 bits per heavy atom. The van der Waals surface area contributed by atoms with Crippen molar-refractivity contribution in [3.63, 3.8) is 0 Å². The van der Waals surface area contributed by atoms with Crippen LogP contribution in [0.5, 0.6) is 5.75 Å². The van der Waals surface area contributed by atoms with E-state index in [1.54, 1.807) is 24.1 Å². The van der Waals surface area contributed by atoms with Gasteiger partial charge in [-0.1, -0.05) is 11.8 Å². The Morgan fingerprint density at radius 3 is 2.60 bits per heavy atom. The topological polar surface area (TPSA) is 44.8 Å². The molecule has 2 aliphatic rings. The Labute approximate surface area is 147 Å². The number of hydrogen-bond acceptors (Lipinski definition) is 5. The lowest BCUT2D eigenvalue weighted by molar-refractivity contribution is -0.274. The van der Waals surface area contributed by atoms with E-state index in [-0.39, 0.29) is 11.7 Å². The van der Waals surface area contributed by atoms with Crippen molar-refractivity contribution < 1.29 is 22.7 Å². The molecule has 0 fully saturated rings. The summed E-state index contributed by atoms with van der Waals surface area (Å²) in [5.41, 5.74) is 1.04. The number of carbonyl (C=O) groups excluding carboxylic acids is 1. The Kier molecular flexibility index (Phi) is 4.19. The molecule has 0 aromatic heterocycles. The molecule has 2 heterocycles. The predicted molar refractivity (Wildman–Crippen MR) is 88.9 cm³/mol. The van der Waals surface area contributed by atoms with E-state index >= 15 is 0 Å². The third-order valence-electron chi connectivity index (χ3n) is 3.93. The molecule has 3 rings (SSSR count). The van der Waals surface area contributed by atoms with Gasteiger partial charge in [-0.05, 0) is 32.0 Å². The summed E-state index contributed by atoms with van der Waals surface area (Å²) in [4.78, 5) is 13.9. The van der Waals surface area contributed by atoms with Crippen LogP contribution in [0.3, 0.4) is 0 Å². The first-order valence-corrected chi connectivity index (χ1v) is 8.39. The van der Waals surface area contributed by atoms with Crippen molar-refractivity contribution in [3.8, 4) is 5.75 Å². The largest absolute Gasteiger partial charge is 0.573 e. The lowest BCUT2D eigenvalue weighted by Crippen LogP contribution is -2.58. The van der Waals surface area contributed by atoms with Crippen LogP contribution in [0.1, 0.15) is 20.3 Å². The van der Waals surface area contributed by atoms with E-state index in [1.165, 1.54) is 18.2 Å². The van der Waals surface area contributed by atoms with Gasteiger partial charge in [-0.3, -0.25) is 9.80 Å². The fourth-order valence-electron chi connectivity index (χ4n) is 3.18. The standard InChI is InChI=1S/C16H18F3N3O2S/c1-15(2)8-11-13(14(23)22(15)21(3)4)25-12-7-9(24-16(17,18)19)5-6-10(12)20-11/h5-7,20H,8H2,1-4H3. The molecule has 1 aromatic rings. The van der Waals surface area contributed by atoms with Crippen molar-refractivity contribution in [3.05, 3.63) is 28.8 Å². The molecule has 0 bridgehead atoms. The molecule has 1 aromatic carbocycles. The maximum atomic E-state index is 12.9. The Morgan fingerprint density at radius 2 is 2.00 bits per heavy atom. The molecule has 5 nitrogen and oxygen atoms in total. The van der Waals surface area contributed by atoms with Gasteiger partial charge in [-0.2, -0.15) is 0 Å². The number of nitrogens with one attached hydrogen (secondary N) is 1. The maximum Gasteiger partial charge on any atom is 0.573 e. The zero-order valence-electron chi connectivity index (χ0n) is 14.2. The Balaban J connectivity index is 1.94. The molecule has 0 radical (unpaired) electrons. The minimum atomic E-state index is -4.75. The van der Waals surface area contributed by atoms with Crippen LogP contribution < -0.4 is 10.1 Å². The number of halogens is 3. The number of hydrogen-bond donors (Lipinski definition) is 1. The van der Waals surface area contributed by atoms with Gasteiger partial charge in [-0.15, -0.1) is 13.2 Å². The van der Waals surface area contributed by atoms with Crippen LogP contribution in [0.2, 0.25) is 0 Å². The van der Waals surface area contributed by atoms with E-state index in [1.807, 2.05) is 13.8 Å². The molecule has 9 heteroatoms. The number of ether oxygens (including phenoxy) is 1. The van der Waals surface area contributed by atoms with Crippen LogP contribution in [-0.2, 0) is 4.79 Å². The van der Waals surface area contributed by atoms with Gasteiger partial charge in [0.25, 0.3) is 5.91 Å². The van der Waals surface area contributed by atoms with E-state index in [0.29, 0.717) is 21.9 Å². The molecule has 25 heavy (non-hydrogen) atoms. The Bertz CT molecular complexity index is 759. The first-order chi connectivity index (χ1) is 11.5. The van der Waals surface area contributed by atoms with Gasteiger partial charge in [0.15, 0.2) is 0 Å². The highest BCUT2D eigenvalue weighted by Crippen LogP contribution is 2.47. The molecule has 0 unspecified atom stereocenters. The van der Waals surface area contributed by atoms with E-state index < -0.39 is 11.9 Å². The number of carbonyl (C=O) groups is 1. The lowest BCUT2D eigenvalue weighted by Gasteiger charge is -2.47. The molecule has 2 aliphatic heterocycles. The molecule has 0 saturated carbocycles. The molecule has 0 atom stereocenters. The molecule has 0 saturated heterocycles. The number of rotatable bonds is 2. The average molecular weight is 373 g/mol. The number of nitrogens with zero attached hydrogens (tertiary/aromatic N) is 2. The van der Waals surface area contributed by atoms with Crippen molar-refractivity contribution in [2.75, 3.05) is 19.4 Å². The predicted octanol–water partition coefficient (Wildman–Crippen LogP) is 3.80. The van der Waals surface area contributed by atoms with Crippen molar-refractivity contribution >= 4 is 23.4 Å². The Hall–Kier alpha value is -1.87. The molecule has 1 N–H and O–H groups in total. The third kappa shape index (κ3) is 3.43. The minimum absolute atomic E-state index is 0.179. The van der Waals surface area contributed by atoms with Crippen LogP contribution in [-0.4, -0.2) is 41.9 Å². The van der Waals surface area contributed by atoms with Crippen molar-refractivity contribution in [2.45, 2.75) is 37.1 Å². The fraction of sp³-hybridized carbons (Fsp3) is 0.438. The van der Waals surface area contributed by atoms with Crippen LogP contribution in [0, 0.1) is 0 Å². The second-order valence-corrected chi connectivity index (χ2v) is 7.75. The van der Waals surface area contributed by atoms with Gasteiger partial charge in [0.05, 0.1) is 16.1 Å². The summed E-state index contributed by atoms with van der Waals surface area (Å²) in [6.45, 7) is 3.94. The van der Waals surface area contributed by atoms with E-state index in [9.17, 15) is 18.0 Å². The number of hydrazine groups is 1. The fourth-order valence-corrected chi connectivity index (χ4v) is 4.22. The summed E-state index contributed by atoms with van der Waals surface area (Å²) < 4.78 is 41.2. The summed E-state index contributed by atoms with van der Waals surface area (Å²) in [6.07, 6.45) is -4.14. The number of anilines is 1. The number of fused-ring (bicyclic) bond motifs is 1. The highest BCUT2D eigenvalue weighted by Gasteiger charge is 2.43. The van der Waals surface area contributed by atoms with Crippen LogP contribution in [0.25, 0.3) is 0 Å². The zero-order chi connectivity index (χ0) is 18.6. The molecule has 136 valence electrons.